The predicted octanol–water partition coefficient (Wildman–Crippen LogP) is 0.588. The van der Waals surface area contributed by atoms with Gasteiger partial charge in [0.25, 0.3) is 0 Å². The van der Waals surface area contributed by atoms with Crippen molar-refractivity contribution in [2.75, 3.05) is 6.61 Å². The van der Waals surface area contributed by atoms with Crippen LogP contribution in [0.2, 0.25) is 0 Å². The van der Waals surface area contributed by atoms with Crippen molar-refractivity contribution < 1.29 is 24.2 Å². The fraction of sp³-hybridized carbons (Fsp3) is 0.273. The van der Waals surface area contributed by atoms with Crippen LogP contribution in [-0.2, 0) is 19.1 Å². The monoisotopic (exact) mass is 237 g/mol. The fourth-order valence-electron chi connectivity index (χ4n) is 1.69. The van der Waals surface area contributed by atoms with Gasteiger partial charge in [-0.25, -0.2) is 9.59 Å². The van der Waals surface area contributed by atoms with E-state index in [1.165, 1.54) is 29.7 Å². The molecule has 0 aromatic carbocycles. The number of carboxylic acid groups (broad SMARTS) is 1. The molecule has 0 radical (unpaired) electrons. The first-order chi connectivity index (χ1) is 8.15. The Bertz CT molecular complexity index is 449. The molecule has 0 fully saturated rings. The lowest BCUT2D eigenvalue weighted by Gasteiger charge is -2.23. The van der Waals surface area contributed by atoms with E-state index in [2.05, 4.69) is 0 Å². The first kappa shape index (κ1) is 11.3. The van der Waals surface area contributed by atoms with Gasteiger partial charge in [-0.15, -0.1) is 0 Å². The SMILES string of the molecule is CCOC(=O)C1=CC(C(=O)O)N2C=COC=C12. The molecular formula is C11H11NO5. The van der Waals surface area contributed by atoms with Crippen molar-refractivity contribution in [3.8, 4) is 0 Å². The highest BCUT2D eigenvalue weighted by atomic mass is 16.5. The van der Waals surface area contributed by atoms with Gasteiger partial charge in [-0.1, -0.05) is 0 Å². The van der Waals surface area contributed by atoms with Gasteiger partial charge in [0.1, 0.15) is 12.5 Å². The summed E-state index contributed by atoms with van der Waals surface area (Å²) >= 11 is 0. The number of carbonyl (C=O) groups is 2. The molecule has 0 aromatic rings. The third-order valence-electron chi connectivity index (χ3n) is 2.41. The number of carboxylic acids is 1. The van der Waals surface area contributed by atoms with Crippen molar-refractivity contribution >= 4 is 11.9 Å². The third kappa shape index (κ3) is 1.89. The Morgan fingerprint density at radius 1 is 1.59 bits per heavy atom. The van der Waals surface area contributed by atoms with E-state index in [0.29, 0.717) is 5.70 Å². The molecule has 0 amide bonds. The highest BCUT2D eigenvalue weighted by molar-refractivity contribution is 5.96. The number of nitrogens with zero attached hydrogens (tertiary/aromatic N) is 1. The molecule has 1 atom stereocenters. The van der Waals surface area contributed by atoms with Crippen LogP contribution in [0.5, 0.6) is 0 Å². The highest BCUT2D eigenvalue weighted by Gasteiger charge is 2.37. The zero-order chi connectivity index (χ0) is 12.4. The van der Waals surface area contributed by atoms with Crippen LogP contribution in [0.1, 0.15) is 6.92 Å². The highest BCUT2D eigenvalue weighted by Crippen LogP contribution is 2.31. The van der Waals surface area contributed by atoms with Crippen molar-refractivity contribution in [3.63, 3.8) is 0 Å². The molecule has 6 heteroatoms. The van der Waals surface area contributed by atoms with Crippen LogP contribution in [0, 0.1) is 0 Å². The first-order valence-electron chi connectivity index (χ1n) is 5.08. The summed E-state index contributed by atoms with van der Waals surface area (Å²) < 4.78 is 9.80. The van der Waals surface area contributed by atoms with Gasteiger partial charge in [0.15, 0.2) is 6.04 Å². The molecule has 17 heavy (non-hydrogen) atoms. The number of ether oxygens (including phenoxy) is 2. The van der Waals surface area contributed by atoms with Crippen LogP contribution in [-0.4, -0.2) is 34.6 Å². The first-order valence-corrected chi connectivity index (χ1v) is 5.08. The maximum atomic E-state index is 11.6. The number of carbonyl (C=O) groups excluding carboxylic acids is 1. The lowest BCUT2D eigenvalue weighted by molar-refractivity contribution is -0.140. The van der Waals surface area contributed by atoms with Gasteiger partial charge in [0.2, 0.25) is 0 Å². The topological polar surface area (TPSA) is 76.1 Å². The molecule has 0 aromatic heterocycles. The molecule has 2 aliphatic rings. The number of hydrogen-bond donors (Lipinski definition) is 1. The van der Waals surface area contributed by atoms with E-state index in [0.717, 1.165) is 0 Å². The van der Waals surface area contributed by atoms with Gasteiger partial charge >= 0.3 is 11.9 Å². The fourth-order valence-corrected chi connectivity index (χ4v) is 1.69. The van der Waals surface area contributed by atoms with Crippen molar-refractivity contribution in [2.45, 2.75) is 13.0 Å². The number of rotatable bonds is 3. The van der Waals surface area contributed by atoms with E-state index < -0.39 is 18.0 Å². The summed E-state index contributed by atoms with van der Waals surface area (Å²) in [5, 5.41) is 9.04. The van der Waals surface area contributed by atoms with Crippen molar-refractivity contribution in [1.29, 1.82) is 0 Å². The summed E-state index contributed by atoms with van der Waals surface area (Å²) in [7, 11) is 0. The van der Waals surface area contributed by atoms with Gasteiger partial charge < -0.3 is 19.5 Å². The number of aliphatic carboxylic acids is 1. The molecule has 2 rings (SSSR count). The lowest BCUT2D eigenvalue weighted by Crippen LogP contribution is -2.32. The Morgan fingerprint density at radius 2 is 2.35 bits per heavy atom. The molecule has 0 bridgehead atoms. The van der Waals surface area contributed by atoms with Gasteiger partial charge in [-0.3, -0.25) is 0 Å². The Hall–Kier alpha value is -2.24. The number of hydrogen-bond acceptors (Lipinski definition) is 5. The minimum atomic E-state index is -1.04. The van der Waals surface area contributed by atoms with E-state index in [-0.39, 0.29) is 12.2 Å². The molecule has 6 nitrogen and oxygen atoms in total. The molecule has 1 N–H and O–H groups in total. The van der Waals surface area contributed by atoms with Crippen LogP contribution in [0.4, 0.5) is 0 Å². The van der Waals surface area contributed by atoms with Crippen LogP contribution in [0.15, 0.2) is 36.1 Å². The van der Waals surface area contributed by atoms with Gasteiger partial charge in [0.05, 0.1) is 17.9 Å². The molecule has 0 saturated heterocycles. The minimum Gasteiger partial charge on any atom is -0.479 e. The maximum Gasteiger partial charge on any atom is 0.340 e. The second kappa shape index (κ2) is 4.32. The summed E-state index contributed by atoms with van der Waals surface area (Å²) in [6.45, 7) is 1.92. The Labute approximate surface area is 97.4 Å². The molecule has 0 saturated carbocycles. The summed E-state index contributed by atoms with van der Waals surface area (Å²) in [5.41, 5.74) is 0.613. The maximum absolute atomic E-state index is 11.6. The summed E-state index contributed by atoms with van der Waals surface area (Å²) in [4.78, 5) is 24.1. The average molecular weight is 237 g/mol. The van der Waals surface area contributed by atoms with Crippen molar-refractivity contribution in [1.82, 2.24) is 4.90 Å². The molecule has 90 valence electrons. The van der Waals surface area contributed by atoms with Gasteiger partial charge in [-0.05, 0) is 13.0 Å². The summed E-state index contributed by atoms with van der Waals surface area (Å²) in [6, 6.07) is -0.902. The second-order valence-corrected chi connectivity index (χ2v) is 3.42. The minimum absolute atomic E-state index is 0.212. The zero-order valence-electron chi connectivity index (χ0n) is 9.12. The number of esters is 1. The summed E-state index contributed by atoms with van der Waals surface area (Å²) in [6.07, 6.45) is 5.50. The van der Waals surface area contributed by atoms with Crippen molar-refractivity contribution in [3.05, 3.63) is 36.1 Å². The molecular weight excluding hydrogens is 226 g/mol. The lowest BCUT2D eigenvalue weighted by atomic mass is 10.2. The van der Waals surface area contributed by atoms with Crippen LogP contribution >= 0.6 is 0 Å². The van der Waals surface area contributed by atoms with Gasteiger partial charge in [0, 0.05) is 6.20 Å². The molecule has 0 spiro atoms. The Kier molecular flexibility index (Phi) is 2.86. The molecule has 2 heterocycles. The molecule has 0 aliphatic carbocycles. The van der Waals surface area contributed by atoms with Crippen LogP contribution in [0.25, 0.3) is 0 Å². The molecule has 2 aliphatic heterocycles. The smallest absolute Gasteiger partial charge is 0.340 e. The van der Waals surface area contributed by atoms with E-state index in [1.54, 1.807) is 6.92 Å². The standard InChI is InChI=1S/C11H11NO5/c1-2-17-11(15)7-5-8(10(13)14)12-3-4-16-6-9(7)12/h3-6,8H,2H2,1H3,(H,13,14). The van der Waals surface area contributed by atoms with Gasteiger partial charge in [-0.2, -0.15) is 0 Å². The van der Waals surface area contributed by atoms with Crippen LogP contribution < -0.4 is 0 Å². The van der Waals surface area contributed by atoms with E-state index in [1.807, 2.05) is 0 Å². The van der Waals surface area contributed by atoms with E-state index >= 15 is 0 Å². The second-order valence-electron chi connectivity index (χ2n) is 3.42. The predicted molar refractivity (Wildman–Crippen MR) is 56.3 cm³/mol. The zero-order valence-corrected chi connectivity index (χ0v) is 9.12. The normalized spacial score (nSPS) is 21.2. The largest absolute Gasteiger partial charge is 0.479 e. The van der Waals surface area contributed by atoms with Crippen molar-refractivity contribution in [2.24, 2.45) is 0 Å². The van der Waals surface area contributed by atoms with E-state index in [9.17, 15) is 9.59 Å². The summed E-state index contributed by atoms with van der Waals surface area (Å²) in [5.74, 6) is -1.59. The van der Waals surface area contributed by atoms with E-state index in [4.69, 9.17) is 14.6 Å². The average Bonchev–Trinajstić information content (AvgIpc) is 2.69. The Morgan fingerprint density at radius 3 is 3.00 bits per heavy atom. The van der Waals surface area contributed by atoms with Crippen LogP contribution in [0.3, 0.4) is 0 Å². The number of fused-ring (bicyclic) bond motifs is 1. The quantitative estimate of drug-likeness (QED) is 0.724. The third-order valence-corrected chi connectivity index (χ3v) is 2.41. The Balaban J connectivity index is 2.32. The molecule has 1 unspecified atom stereocenters.